The van der Waals surface area contributed by atoms with Crippen LogP contribution >= 0.6 is 0 Å². The first-order valence-corrected chi connectivity index (χ1v) is 10.0. The molecule has 0 heterocycles. The van der Waals surface area contributed by atoms with E-state index in [0.717, 1.165) is 41.4 Å². The van der Waals surface area contributed by atoms with E-state index in [1.165, 1.54) is 56.9 Å². The summed E-state index contributed by atoms with van der Waals surface area (Å²) in [5.74, 6) is 6.87. The molecule has 6 atom stereocenters. The van der Waals surface area contributed by atoms with Gasteiger partial charge in [-0.05, 0) is 110 Å². The maximum Gasteiger partial charge on any atom is 0.115 e. The molecule has 4 bridgehead atoms. The van der Waals surface area contributed by atoms with Gasteiger partial charge in [-0.25, -0.2) is 0 Å². The van der Waals surface area contributed by atoms with Gasteiger partial charge in [-0.1, -0.05) is 19.4 Å². The van der Waals surface area contributed by atoms with Crippen LogP contribution in [0.5, 0.6) is 5.75 Å². The molecule has 0 amide bonds. The van der Waals surface area contributed by atoms with Gasteiger partial charge in [-0.2, -0.15) is 0 Å². The fourth-order valence-corrected chi connectivity index (χ4v) is 6.81. The minimum atomic E-state index is 0.479. The summed E-state index contributed by atoms with van der Waals surface area (Å²) in [7, 11) is 0. The number of fused-ring (bicyclic) bond motifs is 1. The van der Waals surface area contributed by atoms with E-state index < -0.39 is 0 Å². The number of rotatable bonds is 2. The zero-order valence-electron chi connectivity index (χ0n) is 14.4. The third-order valence-corrected chi connectivity index (χ3v) is 8.04. The van der Waals surface area contributed by atoms with Crippen LogP contribution in [0.15, 0.2) is 18.2 Å². The van der Waals surface area contributed by atoms with Crippen molar-refractivity contribution in [2.45, 2.75) is 64.2 Å². The number of benzene rings is 1. The van der Waals surface area contributed by atoms with Crippen molar-refractivity contribution < 1.29 is 5.11 Å². The Labute approximate surface area is 140 Å². The zero-order valence-corrected chi connectivity index (χ0v) is 14.4. The SMILES string of the molecule is CC(C1CC1)C1CCC2CCCC3C2c2cc(O)ccc2C[C@@H]13. The van der Waals surface area contributed by atoms with Crippen molar-refractivity contribution in [2.24, 2.45) is 35.5 Å². The van der Waals surface area contributed by atoms with E-state index >= 15 is 0 Å². The molecular weight excluding hydrogens is 280 g/mol. The Bertz CT molecular complexity index is 602. The third kappa shape index (κ3) is 2.26. The van der Waals surface area contributed by atoms with Gasteiger partial charge in [0.25, 0.3) is 0 Å². The molecule has 124 valence electrons. The van der Waals surface area contributed by atoms with Crippen LogP contribution in [0.4, 0.5) is 0 Å². The normalized spacial score (nSPS) is 40.1. The molecule has 0 saturated heterocycles. The van der Waals surface area contributed by atoms with E-state index in [1.54, 1.807) is 5.56 Å². The van der Waals surface area contributed by atoms with Gasteiger partial charge in [0.1, 0.15) is 5.75 Å². The second-order valence-corrected chi connectivity index (χ2v) is 9.07. The van der Waals surface area contributed by atoms with Crippen molar-refractivity contribution in [1.29, 1.82) is 0 Å². The summed E-state index contributed by atoms with van der Waals surface area (Å²) in [5.41, 5.74) is 3.09. The van der Waals surface area contributed by atoms with Crippen molar-refractivity contribution in [3.8, 4) is 5.75 Å². The van der Waals surface area contributed by atoms with E-state index in [9.17, 15) is 5.11 Å². The lowest BCUT2D eigenvalue weighted by Crippen LogP contribution is -2.38. The van der Waals surface area contributed by atoms with Crippen molar-refractivity contribution in [3.05, 3.63) is 29.3 Å². The van der Waals surface area contributed by atoms with Crippen LogP contribution in [-0.4, -0.2) is 5.11 Å². The molecule has 1 aromatic carbocycles. The molecule has 1 nitrogen and oxygen atoms in total. The standard InChI is InChI=1S/C22H30O/c1-13(14-5-6-14)18-10-8-15-3-2-4-19-21(18)11-16-7-9-17(23)12-20(16)22(15)19/h7,9,12-15,18-19,21-23H,2-6,8,10-11H2,1H3/t13?,15?,18?,19?,21-,22?/m0/s1. The highest BCUT2D eigenvalue weighted by Gasteiger charge is 2.50. The molecule has 23 heavy (non-hydrogen) atoms. The molecule has 5 rings (SSSR count). The van der Waals surface area contributed by atoms with Crippen LogP contribution in [0.2, 0.25) is 0 Å². The number of phenols is 1. The maximum absolute atomic E-state index is 10.0. The Balaban J connectivity index is 1.58. The molecule has 3 saturated carbocycles. The van der Waals surface area contributed by atoms with Crippen LogP contribution in [0, 0.1) is 35.5 Å². The summed E-state index contributed by atoms with van der Waals surface area (Å²) in [6, 6.07) is 6.28. The van der Waals surface area contributed by atoms with Gasteiger partial charge in [0.2, 0.25) is 0 Å². The summed E-state index contributed by atoms with van der Waals surface area (Å²) in [5, 5.41) is 10.0. The van der Waals surface area contributed by atoms with Gasteiger partial charge < -0.3 is 5.11 Å². The fraction of sp³-hybridized carbons (Fsp3) is 0.727. The summed E-state index contributed by atoms with van der Waals surface area (Å²) in [6.07, 6.45) is 11.5. The van der Waals surface area contributed by atoms with Crippen LogP contribution in [0.1, 0.15) is 68.9 Å². The van der Waals surface area contributed by atoms with Crippen LogP contribution in [-0.2, 0) is 6.42 Å². The van der Waals surface area contributed by atoms with Gasteiger partial charge in [0.15, 0.2) is 0 Å². The van der Waals surface area contributed by atoms with Crippen LogP contribution in [0.3, 0.4) is 0 Å². The molecule has 0 spiro atoms. The lowest BCUT2D eigenvalue weighted by atomic mass is 9.58. The highest BCUT2D eigenvalue weighted by molar-refractivity contribution is 5.41. The van der Waals surface area contributed by atoms with Crippen molar-refractivity contribution in [1.82, 2.24) is 0 Å². The molecule has 5 unspecified atom stereocenters. The average molecular weight is 310 g/mol. The molecule has 1 aromatic rings. The summed E-state index contributed by atoms with van der Waals surface area (Å²) < 4.78 is 0. The van der Waals surface area contributed by atoms with Gasteiger partial charge in [-0.15, -0.1) is 0 Å². The molecule has 0 aromatic heterocycles. The van der Waals surface area contributed by atoms with E-state index in [4.69, 9.17) is 0 Å². The highest BCUT2D eigenvalue weighted by Crippen LogP contribution is 2.59. The van der Waals surface area contributed by atoms with Gasteiger partial charge >= 0.3 is 0 Å². The zero-order chi connectivity index (χ0) is 15.6. The summed E-state index contributed by atoms with van der Waals surface area (Å²) in [6.45, 7) is 2.57. The maximum atomic E-state index is 10.0. The molecule has 1 N–H and O–H groups in total. The largest absolute Gasteiger partial charge is 0.508 e. The summed E-state index contributed by atoms with van der Waals surface area (Å²) >= 11 is 0. The third-order valence-electron chi connectivity index (χ3n) is 8.04. The predicted molar refractivity (Wildman–Crippen MR) is 93.5 cm³/mol. The highest BCUT2D eigenvalue weighted by atomic mass is 16.3. The Kier molecular flexibility index (Phi) is 3.29. The summed E-state index contributed by atoms with van der Waals surface area (Å²) in [4.78, 5) is 0. The van der Waals surface area contributed by atoms with E-state index in [1.807, 2.05) is 6.07 Å². The first-order valence-electron chi connectivity index (χ1n) is 10.0. The number of hydrogen-bond acceptors (Lipinski definition) is 1. The predicted octanol–water partition coefficient (Wildman–Crippen LogP) is 5.52. The fourth-order valence-electron chi connectivity index (χ4n) is 6.81. The molecule has 4 aliphatic rings. The minimum absolute atomic E-state index is 0.479. The van der Waals surface area contributed by atoms with Crippen molar-refractivity contribution in [3.63, 3.8) is 0 Å². The molecular formula is C22H30O. The number of hydrogen-bond donors (Lipinski definition) is 1. The number of phenolic OH excluding ortho intramolecular Hbond substituents is 1. The Morgan fingerprint density at radius 1 is 1.00 bits per heavy atom. The smallest absolute Gasteiger partial charge is 0.115 e. The topological polar surface area (TPSA) is 20.2 Å². The first kappa shape index (κ1) is 14.4. The van der Waals surface area contributed by atoms with E-state index in [-0.39, 0.29) is 0 Å². The first-order chi connectivity index (χ1) is 11.2. The monoisotopic (exact) mass is 310 g/mol. The quantitative estimate of drug-likeness (QED) is 0.762. The number of aromatic hydroxyl groups is 1. The van der Waals surface area contributed by atoms with Crippen LogP contribution in [0.25, 0.3) is 0 Å². The average Bonchev–Trinajstić information content (AvgIpc) is 3.39. The Morgan fingerprint density at radius 3 is 2.70 bits per heavy atom. The van der Waals surface area contributed by atoms with E-state index in [0.29, 0.717) is 5.75 Å². The molecule has 0 aliphatic heterocycles. The van der Waals surface area contributed by atoms with Crippen molar-refractivity contribution in [2.75, 3.05) is 0 Å². The lowest BCUT2D eigenvalue weighted by molar-refractivity contribution is 0.105. The molecule has 4 aliphatic carbocycles. The Hall–Kier alpha value is -0.980. The van der Waals surface area contributed by atoms with Gasteiger partial charge in [-0.3, -0.25) is 0 Å². The van der Waals surface area contributed by atoms with E-state index in [2.05, 4.69) is 19.1 Å². The minimum Gasteiger partial charge on any atom is -0.508 e. The second-order valence-electron chi connectivity index (χ2n) is 9.07. The Morgan fingerprint density at radius 2 is 1.87 bits per heavy atom. The molecule has 3 fully saturated rings. The van der Waals surface area contributed by atoms with Crippen molar-refractivity contribution >= 4 is 0 Å². The molecule has 1 heteroatoms. The second kappa shape index (κ2) is 5.26. The van der Waals surface area contributed by atoms with Gasteiger partial charge in [0, 0.05) is 0 Å². The van der Waals surface area contributed by atoms with Gasteiger partial charge in [0.05, 0.1) is 0 Å². The lowest BCUT2D eigenvalue weighted by Gasteiger charge is -2.47. The van der Waals surface area contributed by atoms with Crippen LogP contribution < -0.4 is 0 Å². The molecule has 0 radical (unpaired) electrons.